The van der Waals surface area contributed by atoms with Gasteiger partial charge in [-0.2, -0.15) is 16.9 Å². The van der Waals surface area contributed by atoms with E-state index in [0.717, 1.165) is 23.7 Å². The third-order valence-corrected chi connectivity index (χ3v) is 3.27. The molecule has 1 rings (SSSR count). The Balaban J connectivity index is 2.41. The number of amides is 1. The second-order valence-electron chi connectivity index (χ2n) is 4.21. The van der Waals surface area contributed by atoms with Crippen LogP contribution in [-0.4, -0.2) is 33.2 Å². The van der Waals surface area contributed by atoms with Crippen LogP contribution in [0, 0.1) is 13.8 Å². The van der Waals surface area contributed by atoms with Gasteiger partial charge < -0.3 is 5.32 Å². The van der Waals surface area contributed by atoms with Gasteiger partial charge in [0.25, 0.3) is 0 Å². The molecule has 0 bridgehead atoms. The van der Waals surface area contributed by atoms with E-state index in [4.69, 9.17) is 0 Å². The van der Waals surface area contributed by atoms with Crippen LogP contribution >= 0.6 is 11.8 Å². The van der Waals surface area contributed by atoms with Gasteiger partial charge in [-0.1, -0.05) is 6.92 Å². The Labute approximate surface area is 107 Å². The summed E-state index contributed by atoms with van der Waals surface area (Å²) >= 11 is 1.64. The number of hydrogen-bond donors (Lipinski definition) is 1. The first kappa shape index (κ1) is 14.1. The van der Waals surface area contributed by atoms with Crippen molar-refractivity contribution in [2.75, 3.05) is 11.5 Å². The van der Waals surface area contributed by atoms with Crippen LogP contribution in [0.4, 0.5) is 0 Å². The average molecular weight is 255 g/mol. The van der Waals surface area contributed by atoms with E-state index in [1.165, 1.54) is 0 Å². The fraction of sp³-hybridized carbons (Fsp3) is 0.667. The number of aromatic nitrogens is 2. The zero-order valence-corrected chi connectivity index (χ0v) is 11.8. The smallest absolute Gasteiger partial charge is 0.230 e. The number of rotatable bonds is 6. The number of aryl methyl sites for hydroxylation is 2. The lowest BCUT2D eigenvalue weighted by molar-refractivity contribution is -0.119. The van der Waals surface area contributed by atoms with E-state index in [1.54, 1.807) is 11.8 Å². The van der Waals surface area contributed by atoms with Crippen LogP contribution in [0.15, 0.2) is 6.07 Å². The molecule has 0 aliphatic rings. The first-order chi connectivity index (χ1) is 8.02. The highest BCUT2D eigenvalue weighted by Gasteiger charge is 2.09. The van der Waals surface area contributed by atoms with Crippen molar-refractivity contribution < 1.29 is 4.79 Å². The second-order valence-corrected chi connectivity index (χ2v) is 5.49. The highest BCUT2D eigenvalue weighted by Crippen LogP contribution is 2.03. The average Bonchev–Trinajstić information content (AvgIpc) is 2.54. The Morgan fingerprint density at radius 2 is 2.29 bits per heavy atom. The Kier molecular flexibility index (Phi) is 5.55. The van der Waals surface area contributed by atoms with Crippen molar-refractivity contribution in [3.05, 3.63) is 17.5 Å². The fourth-order valence-corrected chi connectivity index (χ4v) is 2.15. The first-order valence-corrected chi connectivity index (χ1v) is 7.06. The summed E-state index contributed by atoms with van der Waals surface area (Å²) in [6, 6.07) is 2.15. The van der Waals surface area contributed by atoms with Crippen LogP contribution < -0.4 is 5.32 Å². The molecule has 0 spiro atoms. The Morgan fingerprint density at radius 1 is 1.59 bits per heavy atom. The summed E-state index contributed by atoms with van der Waals surface area (Å²) in [6.07, 6.45) is 0. The minimum Gasteiger partial charge on any atom is -0.351 e. The van der Waals surface area contributed by atoms with E-state index in [9.17, 15) is 4.79 Å². The molecule has 1 aromatic heterocycles. The first-order valence-electron chi connectivity index (χ1n) is 5.91. The third kappa shape index (κ3) is 4.81. The van der Waals surface area contributed by atoms with Gasteiger partial charge in [-0.05, 0) is 32.6 Å². The van der Waals surface area contributed by atoms with Gasteiger partial charge in [0.15, 0.2) is 0 Å². The Morgan fingerprint density at radius 3 is 2.82 bits per heavy atom. The highest BCUT2D eigenvalue weighted by atomic mass is 32.2. The topological polar surface area (TPSA) is 46.9 Å². The van der Waals surface area contributed by atoms with Gasteiger partial charge in [0, 0.05) is 11.7 Å². The molecular formula is C12H21N3OS. The van der Waals surface area contributed by atoms with E-state index in [0.29, 0.717) is 5.75 Å². The van der Waals surface area contributed by atoms with Gasteiger partial charge in [0.05, 0.1) is 18.0 Å². The van der Waals surface area contributed by atoms with Crippen molar-refractivity contribution in [2.24, 2.45) is 0 Å². The molecule has 1 amide bonds. The predicted molar refractivity (Wildman–Crippen MR) is 72.3 cm³/mol. The number of nitrogens with one attached hydrogen (secondary N) is 1. The molecule has 1 heterocycles. The molecule has 17 heavy (non-hydrogen) atoms. The van der Waals surface area contributed by atoms with E-state index >= 15 is 0 Å². The zero-order valence-electron chi connectivity index (χ0n) is 11.0. The molecule has 1 atom stereocenters. The van der Waals surface area contributed by atoms with Crippen LogP contribution in [0.5, 0.6) is 0 Å². The minimum absolute atomic E-state index is 0.103. The standard InChI is InChI=1S/C12H21N3OS/c1-5-17-8-12(16)13-10(3)7-15-11(4)6-9(2)14-15/h6,10H,5,7-8H2,1-4H3,(H,13,16)/t10-/m0/s1. The molecule has 0 saturated carbocycles. The summed E-state index contributed by atoms with van der Waals surface area (Å²) in [5, 5.41) is 7.36. The summed E-state index contributed by atoms with van der Waals surface area (Å²) in [4.78, 5) is 11.5. The number of thioether (sulfide) groups is 1. The van der Waals surface area contributed by atoms with Crippen molar-refractivity contribution in [3.8, 4) is 0 Å². The largest absolute Gasteiger partial charge is 0.351 e. The van der Waals surface area contributed by atoms with E-state index in [2.05, 4.69) is 17.3 Å². The van der Waals surface area contributed by atoms with E-state index < -0.39 is 0 Å². The van der Waals surface area contributed by atoms with Gasteiger partial charge in [-0.25, -0.2) is 0 Å². The van der Waals surface area contributed by atoms with Crippen LogP contribution in [-0.2, 0) is 11.3 Å². The van der Waals surface area contributed by atoms with Crippen LogP contribution in [0.3, 0.4) is 0 Å². The monoisotopic (exact) mass is 255 g/mol. The minimum atomic E-state index is 0.103. The van der Waals surface area contributed by atoms with Crippen LogP contribution in [0.25, 0.3) is 0 Å². The van der Waals surface area contributed by atoms with Crippen molar-refractivity contribution in [1.29, 1.82) is 0 Å². The quantitative estimate of drug-likeness (QED) is 0.842. The maximum atomic E-state index is 11.5. The Hall–Kier alpha value is -0.970. The molecule has 0 aliphatic heterocycles. The molecule has 0 radical (unpaired) electrons. The van der Waals surface area contributed by atoms with Crippen molar-refractivity contribution in [2.45, 2.75) is 40.3 Å². The fourth-order valence-electron chi connectivity index (χ4n) is 1.68. The highest BCUT2D eigenvalue weighted by molar-refractivity contribution is 7.99. The molecule has 0 aliphatic carbocycles. The SMILES string of the molecule is CCSCC(=O)N[C@@H](C)Cn1nc(C)cc1C. The number of carbonyl (C=O) groups is 1. The Bertz CT molecular complexity index is 376. The van der Waals surface area contributed by atoms with Gasteiger partial charge in [0.2, 0.25) is 5.91 Å². The molecule has 0 fully saturated rings. The maximum absolute atomic E-state index is 11.5. The maximum Gasteiger partial charge on any atom is 0.230 e. The van der Waals surface area contributed by atoms with Crippen molar-refractivity contribution >= 4 is 17.7 Å². The van der Waals surface area contributed by atoms with E-state index in [1.807, 2.05) is 31.5 Å². The molecule has 4 nitrogen and oxygen atoms in total. The van der Waals surface area contributed by atoms with E-state index in [-0.39, 0.29) is 11.9 Å². The van der Waals surface area contributed by atoms with Crippen LogP contribution in [0.2, 0.25) is 0 Å². The molecule has 1 aromatic rings. The van der Waals surface area contributed by atoms with Gasteiger partial charge in [-0.15, -0.1) is 0 Å². The van der Waals surface area contributed by atoms with Gasteiger partial charge >= 0.3 is 0 Å². The molecule has 0 saturated heterocycles. The lowest BCUT2D eigenvalue weighted by atomic mass is 10.3. The number of nitrogens with zero attached hydrogens (tertiary/aromatic N) is 2. The predicted octanol–water partition coefficient (Wildman–Crippen LogP) is 1.76. The summed E-state index contributed by atoms with van der Waals surface area (Å²) in [5.74, 6) is 1.61. The van der Waals surface area contributed by atoms with Crippen LogP contribution in [0.1, 0.15) is 25.2 Å². The zero-order chi connectivity index (χ0) is 12.8. The summed E-state index contributed by atoms with van der Waals surface area (Å²) in [6.45, 7) is 8.79. The molecular weight excluding hydrogens is 234 g/mol. The number of hydrogen-bond acceptors (Lipinski definition) is 3. The van der Waals surface area contributed by atoms with Gasteiger partial charge in [0.1, 0.15) is 0 Å². The normalized spacial score (nSPS) is 12.5. The molecule has 1 N–H and O–H groups in total. The third-order valence-electron chi connectivity index (χ3n) is 2.39. The molecule has 0 aromatic carbocycles. The number of carbonyl (C=O) groups excluding carboxylic acids is 1. The summed E-state index contributed by atoms with van der Waals surface area (Å²) in [7, 11) is 0. The van der Waals surface area contributed by atoms with Crippen molar-refractivity contribution in [3.63, 3.8) is 0 Å². The van der Waals surface area contributed by atoms with Gasteiger partial charge in [-0.3, -0.25) is 9.48 Å². The second kappa shape index (κ2) is 6.69. The summed E-state index contributed by atoms with van der Waals surface area (Å²) < 4.78 is 1.94. The lowest BCUT2D eigenvalue weighted by Gasteiger charge is -2.14. The molecule has 96 valence electrons. The lowest BCUT2D eigenvalue weighted by Crippen LogP contribution is -2.37. The van der Waals surface area contributed by atoms with Crippen molar-refractivity contribution in [1.82, 2.24) is 15.1 Å². The molecule has 5 heteroatoms. The molecule has 0 unspecified atom stereocenters. The summed E-state index contributed by atoms with van der Waals surface area (Å²) in [5.41, 5.74) is 2.15.